The number of hydrogen-bond acceptors (Lipinski definition) is 4. The highest BCUT2D eigenvalue weighted by Crippen LogP contribution is 2.23. The van der Waals surface area contributed by atoms with Crippen molar-refractivity contribution in [1.29, 1.82) is 0 Å². The molecule has 1 fully saturated rings. The Bertz CT molecular complexity index is 785. The number of carbonyl (C=O) groups is 1. The number of rotatable bonds is 4. The highest BCUT2D eigenvalue weighted by Gasteiger charge is 2.25. The van der Waals surface area contributed by atoms with Gasteiger partial charge in [-0.3, -0.25) is 9.69 Å². The molecule has 6 heteroatoms. The number of aryl methyl sites for hydroxylation is 1. The summed E-state index contributed by atoms with van der Waals surface area (Å²) in [5.41, 5.74) is 1.62. The average Bonchev–Trinajstić information content (AvgIpc) is 2.95. The number of piperazine rings is 1. The van der Waals surface area contributed by atoms with E-state index in [-0.39, 0.29) is 23.6 Å². The van der Waals surface area contributed by atoms with Crippen LogP contribution in [-0.2, 0) is 11.2 Å². The largest absolute Gasteiger partial charge is 0.441 e. The van der Waals surface area contributed by atoms with Gasteiger partial charge in [-0.25, -0.2) is 9.37 Å². The third-order valence-corrected chi connectivity index (χ3v) is 4.73. The van der Waals surface area contributed by atoms with Gasteiger partial charge in [-0.2, -0.15) is 0 Å². The zero-order valence-corrected chi connectivity index (χ0v) is 16.6. The number of amides is 1. The van der Waals surface area contributed by atoms with E-state index in [1.54, 1.807) is 12.1 Å². The van der Waals surface area contributed by atoms with Crippen molar-refractivity contribution in [2.45, 2.75) is 34.1 Å². The van der Waals surface area contributed by atoms with Crippen molar-refractivity contribution < 1.29 is 13.6 Å². The van der Waals surface area contributed by atoms with Gasteiger partial charge in [0.15, 0.2) is 0 Å². The van der Waals surface area contributed by atoms with Crippen LogP contribution in [0.4, 0.5) is 4.39 Å². The second-order valence-corrected chi connectivity index (χ2v) is 8.42. The van der Waals surface area contributed by atoms with Gasteiger partial charge in [-0.1, -0.05) is 20.8 Å². The molecule has 0 saturated carbocycles. The summed E-state index contributed by atoms with van der Waals surface area (Å²) >= 11 is 0. The van der Waals surface area contributed by atoms with Crippen molar-refractivity contribution in [3.63, 3.8) is 0 Å². The molecule has 2 heterocycles. The van der Waals surface area contributed by atoms with Gasteiger partial charge in [0.25, 0.3) is 0 Å². The number of halogens is 1. The second kappa shape index (κ2) is 7.80. The van der Waals surface area contributed by atoms with Gasteiger partial charge < -0.3 is 9.32 Å². The molecular weight excluding hydrogens is 345 g/mol. The van der Waals surface area contributed by atoms with Crippen LogP contribution in [-0.4, -0.2) is 53.4 Å². The number of carbonyl (C=O) groups excluding carboxylic acids is 1. The minimum absolute atomic E-state index is 0.0764. The standard InChI is InChI=1S/C21H28FN3O2/c1-15-18(23-20(27-15)16-5-7-17(22)8-6-16)13-19(26)25-11-9-24(10-12-25)14-21(2,3)4/h5-8H,9-14H2,1-4H3. The van der Waals surface area contributed by atoms with Crippen LogP contribution in [0.2, 0.25) is 0 Å². The molecule has 3 rings (SSSR count). The maximum atomic E-state index is 13.1. The van der Waals surface area contributed by atoms with Crippen molar-refractivity contribution in [2.24, 2.45) is 5.41 Å². The lowest BCUT2D eigenvalue weighted by molar-refractivity contribution is -0.132. The maximum absolute atomic E-state index is 13.1. The van der Waals surface area contributed by atoms with Crippen LogP contribution in [0, 0.1) is 18.2 Å². The predicted octanol–water partition coefficient (Wildman–Crippen LogP) is 3.52. The summed E-state index contributed by atoms with van der Waals surface area (Å²) in [6.45, 7) is 12.8. The van der Waals surface area contributed by atoms with Gasteiger partial charge >= 0.3 is 0 Å². The molecule has 2 aromatic rings. The van der Waals surface area contributed by atoms with Crippen molar-refractivity contribution in [3.8, 4) is 11.5 Å². The van der Waals surface area contributed by atoms with Crippen LogP contribution in [0.15, 0.2) is 28.7 Å². The molecule has 0 atom stereocenters. The zero-order chi connectivity index (χ0) is 19.6. The molecule has 1 aromatic carbocycles. The third kappa shape index (κ3) is 5.16. The fourth-order valence-corrected chi connectivity index (χ4v) is 3.39. The molecular formula is C21H28FN3O2. The second-order valence-electron chi connectivity index (χ2n) is 8.42. The van der Waals surface area contributed by atoms with Crippen molar-refractivity contribution in [1.82, 2.24) is 14.8 Å². The average molecular weight is 373 g/mol. The van der Waals surface area contributed by atoms with E-state index < -0.39 is 0 Å². The Hall–Kier alpha value is -2.21. The molecule has 0 spiro atoms. The monoisotopic (exact) mass is 373 g/mol. The fraction of sp³-hybridized carbons (Fsp3) is 0.524. The molecule has 1 amide bonds. The molecule has 0 bridgehead atoms. The summed E-state index contributed by atoms with van der Waals surface area (Å²) in [6.07, 6.45) is 0.232. The molecule has 0 unspecified atom stereocenters. The van der Waals surface area contributed by atoms with Gasteiger partial charge in [0.05, 0.1) is 12.1 Å². The number of hydrogen-bond donors (Lipinski definition) is 0. The minimum Gasteiger partial charge on any atom is -0.441 e. The number of aromatic nitrogens is 1. The molecule has 0 N–H and O–H groups in total. The maximum Gasteiger partial charge on any atom is 0.228 e. The fourth-order valence-electron chi connectivity index (χ4n) is 3.39. The quantitative estimate of drug-likeness (QED) is 0.823. The summed E-state index contributed by atoms with van der Waals surface area (Å²) in [4.78, 5) is 21.5. The molecule has 1 aliphatic heterocycles. The Morgan fingerprint density at radius 1 is 1.15 bits per heavy atom. The summed E-state index contributed by atoms with van der Waals surface area (Å²) in [6, 6.07) is 5.99. The highest BCUT2D eigenvalue weighted by molar-refractivity contribution is 5.78. The van der Waals surface area contributed by atoms with E-state index in [9.17, 15) is 9.18 Å². The lowest BCUT2D eigenvalue weighted by Crippen LogP contribution is -2.50. The van der Waals surface area contributed by atoms with E-state index >= 15 is 0 Å². The lowest BCUT2D eigenvalue weighted by Gasteiger charge is -2.37. The molecule has 27 heavy (non-hydrogen) atoms. The Morgan fingerprint density at radius 2 is 1.78 bits per heavy atom. The highest BCUT2D eigenvalue weighted by atomic mass is 19.1. The normalized spacial score (nSPS) is 16.0. The van der Waals surface area contributed by atoms with E-state index in [1.165, 1.54) is 12.1 Å². The van der Waals surface area contributed by atoms with E-state index in [0.29, 0.717) is 22.9 Å². The molecule has 1 aromatic heterocycles. The van der Waals surface area contributed by atoms with Crippen LogP contribution in [0.25, 0.3) is 11.5 Å². The molecule has 146 valence electrons. The zero-order valence-electron chi connectivity index (χ0n) is 16.6. The topological polar surface area (TPSA) is 49.6 Å². The molecule has 5 nitrogen and oxygen atoms in total. The Kier molecular flexibility index (Phi) is 5.65. The first kappa shape index (κ1) is 19.5. The number of nitrogens with zero attached hydrogens (tertiary/aromatic N) is 3. The first-order valence-electron chi connectivity index (χ1n) is 9.44. The summed E-state index contributed by atoms with van der Waals surface area (Å²) < 4.78 is 18.8. The van der Waals surface area contributed by atoms with Crippen LogP contribution in [0.5, 0.6) is 0 Å². The lowest BCUT2D eigenvalue weighted by atomic mass is 9.96. The summed E-state index contributed by atoms with van der Waals surface area (Å²) in [5.74, 6) is 0.829. The molecule has 1 aliphatic rings. The molecule has 0 aliphatic carbocycles. The van der Waals surface area contributed by atoms with Crippen LogP contribution >= 0.6 is 0 Å². The molecule has 1 saturated heterocycles. The van der Waals surface area contributed by atoms with Gasteiger partial charge in [-0.05, 0) is 36.6 Å². The van der Waals surface area contributed by atoms with Gasteiger partial charge in [-0.15, -0.1) is 0 Å². The Balaban J connectivity index is 1.59. The Labute approximate surface area is 160 Å². The third-order valence-electron chi connectivity index (χ3n) is 4.73. The smallest absolute Gasteiger partial charge is 0.228 e. The van der Waals surface area contributed by atoms with E-state index in [2.05, 4.69) is 30.7 Å². The number of oxazole rings is 1. The van der Waals surface area contributed by atoms with Gasteiger partial charge in [0.1, 0.15) is 11.6 Å². The minimum atomic E-state index is -0.303. The van der Waals surface area contributed by atoms with Crippen LogP contribution in [0.3, 0.4) is 0 Å². The van der Waals surface area contributed by atoms with Gasteiger partial charge in [0, 0.05) is 38.3 Å². The van der Waals surface area contributed by atoms with E-state index in [1.807, 2.05) is 11.8 Å². The van der Waals surface area contributed by atoms with E-state index in [4.69, 9.17) is 4.42 Å². The SMILES string of the molecule is Cc1oc(-c2ccc(F)cc2)nc1CC(=O)N1CCN(CC(C)(C)C)CC1. The Morgan fingerprint density at radius 3 is 2.37 bits per heavy atom. The first-order valence-corrected chi connectivity index (χ1v) is 9.44. The van der Waals surface area contributed by atoms with Crippen molar-refractivity contribution in [2.75, 3.05) is 32.7 Å². The van der Waals surface area contributed by atoms with Crippen molar-refractivity contribution >= 4 is 5.91 Å². The van der Waals surface area contributed by atoms with E-state index in [0.717, 1.165) is 32.7 Å². The summed E-state index contributed by atoms with van der Waals surface area (Å²) in [7, 11) is 0. The predicted molar refractivity (Wildman–Crippen MR) is 103 cm³/mol. The van der Waals surface area contributed by atoms with Crippen LogP contribution in [0.1, 0.15) is 32.2 Å². The van der Waals surface area contributed by atoms with Gasteiger partial charge in [0.2, 0.25) is 11.8 Å². The van der Waals surface area contributed by atoms with Crippen LogP contribution < -0.4 is 0 Å². The summed E-state index contributed by atoms with van der Waals surface area (Å²) in [5, 5.41) is 0. The van der Waals surface area contributed by atoms with Crippen molar-refractivity contribution in [3.05, 3.63) is 41.5 Å². The number of benzene rings is 1. The molecule has 0 radical (unpaired) electrons. The first-order chi connectivity index (χ1) is 12.7.